The molecule has 8 nitrogen and oxygen atoms in total. The summed E-state index contributed by atoms with van der Waals surface area (Å²) in [7, 11) is 1.56. The zero-order valence-corrected chi connectivity index (χ0v) is 17.4. The zero-order valence-electron chi connectivity index (χ0n) is 17.4. The molecule has 1 amide bonds. The van der Waals surface area contributed by atoms with Crippen LogP contribution >= 0.6 is 0 Å². The van der Waals surface area contributed by atoms with Crippen molar-refractivity contribution in [2.75, 3.05) is 13.6 Å². The normalized spacial score (nSPS) is 14.7. The van der Waals surface area contributed by atoms with Gasteiger partial charge in [0.25, 0.3) is 11.5 Å². The van der Waals surface area contributed by atoms with Crippen molar-refractivity contribution in [1.82, 2.24) is 14.5 Å². The second kappa shape index (κ2) is 9.53. The van der Waals surface area contributed by atoms with E-state index in [2.05, 4.69) is 4.98 Å². The van der Waals surface area contributed by atoms with Crippen LogP contribution in [0.15, 0.2) is 23.0 Å². The Bertz CT molecular complexity index is 1050. The van der Waals surface area contributed by atoms with Gasteiger partial charge in [-0.25, -0.2) is 9.78 Å². The molecule has 1 aromatic carbocycles. The number of ether oxygens (including phenoxy) is 1. The van der Waals surface area contributed by atoms with Crippen molar-refractivity contribution in [1.29, 1.82) is 5.26 Å². The molecule has 0 spiro atoms. The molecule has 3 rings (SSSR count). The minimum Gasteiger partial charge on any atom is -0.449 e. The highest BCUT2D eigenvalue weighted by Gasteiger charge is 2.23. The SMILES string of the molecule is C[C@H](OC(=O)c1ccc2c(=O)n3c(nc2c1)CCCCCC3)C(=O)N(C)CCC#N. The Morgan fingerprint density at radius 2 is 2.07 bits per heavy atom. The van der Waals surface area contributed by atoms with Gasteiger partial charge in [0.05, 0.1) is 29.0 Å². The molecular formula is C22H26N4O4. The Balaban J connectivity index is 1.82. The van der Waals surface area contributed by atoms with Crippen LogP contribution in [0.1, 0.15) is 55.2 Å². The third-order valence-corrected chi connectivity index (χ3v) is 5.37. The molecule has 0 N–H and O–H groups in total. The summed E-state index contributed by atoms with van der Waals surface area (Å²) in [5.74, 6) is -0.280. The molecular weight excluding hydrogens is 384 g/mol. The van der Waals surface area contributed by atoms with E-state index < -0.39 is 12.1 Å². The maximum Gasteiger partial charge on any atom is 0.338 e. The van der Waals surface area contributed by atoms with Gasteiger partial charge in [-0.15, -0.1) is 0 Å². The molecule has 2 aromatic rings. The summed E-state index contributed by atoms with van der Waals surface area (Å²) < 4.78 is 7.05. The molecule has 0 bridgehead atoms. The van der Waals surface area contributed by atoms with Crippen LogP contribution in [0.4, 0.5) is 0 Å². The molecule has 1 atom stereocenters. The van der Waals surface area contributed by atoms with Gasteiger partial charge < -0.3 is 9.64 Å². The lowest BCUT2D eigenvalue weighted by atomic mass is 10.1. The van der Waals surface area contributed by atoms with Crippen LogP contribution < -0.4 is 5.56 Å². The zero-order chi connectivity index (χ0) is 21.7. The smallest absolute Gasteiger partial charge is 0.338 e. The number of fused-ring (bicyclic) bond motifs is 2. The van der Waals surface area contributed by atoms with Crippen molar-refractivity contribution in [3.05, 3.63) is 39.9 Å². The molecule has 158 valence electrons. The predicted octanol–water partition coefficient (Wildman–Crippen LogP) is 2.43. The summed E-state index contributed by atoms with van der Waals surface area (Å²) in [6.45, 7) is 2.43. The number of hydrogen-bond acceptors (Lipinski definition) is 6. The summed E-state index contributed by atoms with van der Waals surface area (Å²) in [5, 5.41) is 9.10. The summed E-state index contributed by atoms with van der Waals surface area (Å²) >= 11 is 0. The highest BCUT2D eigenvalue weighted by atomic mass is 16.5. The first-order valence-corrected chi connectivity index (χ1v) is 10.3. The lowest BCUT2D eigenvalue weighted by molar-refractivity contribution is -0.138. The van der Waals surface area contributed by atoms with E-state index in [1.165, 1.54) is 17.9 Å². The number of nitrogens with zero attached hydrogens (tertiary/aromatic N) is 4. The minimum absolute atomic E-state index is 0.0838. The molecule has 1 aliphatic heterocycles. The number of carbonyl (C=O) groups excluding carboxylic acids is 2. The van der Waals surface area contributed by atoms with Gasteiger partial charge in [0.2, 0.25) is 0 Å². The van der Waals surface area contributed by atoms with Crippen molar-refractivity contribution in [2.45, 2.75) is 58.1 Å². The molecule has 30 heavy (non-hydrogen) atoms. The van der Waals surface area contributed by atoms with E-state index in [0.717, 1.165) is 37.9 Å². The van der Waals surface area contributed by atoms with Crippen molar-refractivity contribution in [2.24, 2.45) is 0 Å². The monoisotopic (exact) mass is 410 g/mol. The average Bonchev–Trinajstić information content (AvgIpc) is 2.72. The Labute approximate surface area is 175 Å². The van der Waals surface area contributed by atoms with Crippen LogP contribution in [0.2, 0.25) is 0 Å². The molecule has 2 heterocycles. The quantitative estimate of drug-likeness (QED) is 0.701. The lowest BCUT2D eigenvalue weighted by Crippen LogP contribution is -2.37. The van der Waals surface area contributed by atoms with Gasteiger partial charge in [-0.05, 0) is 38.0 Å². The van der Waals surface area contributed by atoms with Gasteiger partial charge >= 0.3 is 5.97 Å². The summed E-state index contributed by atoms with van der Waals surface area (Å²) in [6, 6.07) is 6.65. The first-order chi connectivity index (χ1) is 14.4. The second-order valence-corrected chi connectivity index (χ2v) is 7.60. The molecule has 8 heteroatoms. The highest BCUT2D eigenvalue weighted by Crippen LogP contribution is 2.17. The fourth-order valence-corrected chi connectivity index (χ4v) is 3.64. The molecule has 1 aromatic heterocycles. The number of aryl methyl sites for hydroxylation is 1. The van der Waals surface area contributed by atoms with Crippen LogP contribution in [0.25, 0.3) is 10.9 Å². The number of benzene rings is 1. The van der Waals surface area contributed by atoms with E-state index in [1.807, 2.05) is 6.07 Å². The largest absolute Gasteiger partial charge is 0.449 e. The topological polar surface area (TPSA) is 105 Å². The number of hydrogen-bond donors (Lipinski definition) is 0. The van der Waals surface area contributed by atoms with Gasteiger partial charge in [0, 0.05) is 26.6 Å². The first kappa shape index (κ1) is 21.5. The van der Waals surface area contributed by atoms with E-state index in [1.54, 1.807) is 23.7 Å². The number of nitriles is 1. The van der Waals surface area contributed by atoms with E-state index >= 15 is 0 Å². The van der Waals surface area contributed by atoms with E-state index in [9.17, 15) is 14.4 Å². The number of amides is 1. The fraction of sp³-hybridized carbons (Fsp3) is 0.500. The van der Waals surface area contributed by atoms with E-state index in [0.29, 0.717) is 17.4 Å². The summed E-state index contributed by atoms with van der Waals surface area (Å²) in [5.41, 5.74) is 0.621. The fourth-order valence-electron chi connectivity index (χ4n) is 3.64. The Kier molecular flexibility index (Phi) is 6.83. The Hall–Kier alpha value is -3.21. The number of aromatic nitrogens is 2. The number of likely N-dealkylation sites (N-methyl/N-ethyl adjacent to an activating group) is 1. The van der Waals surface area contributed by atoms with Crippen LogP contribution in [0.5, 0.6) is 0 Å². The Morgan fingerprint density at radius 1 is 1.30 bits per heavy atom. The molecule has 0 saturated carbocycles. The molecule has 0 saturated heterocycles. The molecule has 1 aliphatic rings. The third-order valence-electron chi connectivity index (χ3n) is 5.37. The maximum absolute atomic E-state index is 12.9. The van der Waals surface area contributed by atoms with Crippen molar-refractivity contribution in [3.63, 3.8) is 0 Å². The van der Waals surface area contributed by atoms with E-state index in [-0.39, 0.29) is 30.0 Å². The van der Waals surface area contributed by atoms with Crippen molar-refractivity contribution >= 4 is 22.8 Å². The van der Waals surface area contributed by atoms with Gasteiger partial charge in [-0.2, -0.15) is 5.26 Å². The maximum atomic E-state index is 12.9. The number of rotatable bonds is 5. The van der Waals surface area contributed by atoms with Gasteiger partial charge in [-0.3, -0.25) is 14.2 Å². The molecule has 0 radical (unpaired) electrons. The van der Waals surface area contributed by atoms with Crippen LogP contribution in [-0.2, 0) is 22.5 Å². The minimum atomic E-state index is -0.980. The van der Waals surface area contributed by atoms with Crippen molar-refractivity contribution < 1.29 is 14.3 Å². The predicted molar refractivity (Wildman–Crippen MR) is 111 cm³/mol. The Morgan fingerprint density at radius 3 is 2.83 bits per heavy atom. The number of carbonyl (C=O) groups is 2. The molecule has 0 aliphatic carbocycles. The summed E-state index contributed by atoms with van der Waals surface area (Å²) in [4.78, 5) is 43.7. The van der Waals surface area contributed by atoms with Gasteiger partial charge in [0.15, 0.2) is 6.10 Å². The average molecular weight is 410 g/mol. The number of esters is 1. The van der Waals surface area contributed by atoms with Crippen LogP contribution in [0.3, 0.4) is 0 Å². The highest BCUT2D eigenvalue weighted by molar-refractivity contribution is 5.95. The first-order valence-electron chi connectivity index (χ1n) is 10.3. The van der Waals surface area contributed by atoms with E-state index in [4.69, 9.17) is 10.00 Å². The summed E-state index contributed by atoms with van der Waals surface area (Å²) in [6.07, 6.45) is 4.13. The van der Waals surface area contributed by atoms with Crippen LogP contribution in [0, 0.1) is 11.3 Å². The second-order valence-electron chi connectivity index (χ2n) is 7.60. The van der Waals surface area contributed by atoms with Crippen molar-refractivity contribution in [3.8, 4) is 6.07 Å². The van der Waals surface area contributed by atoms with Crippen LogP contribution in [-0.4, -0.2) is 46.0 Å². The molecule has 0 unspecified atom stereocenters. The molecule has 0 fully saturated rings. The third kappa shape index (κ3) is 4.67. The standard InChI is InChI=1S/C22H26N4O4/c1-15(20(27)25(2)12-7-11-23)30-22(29)16-9-10-17-18(14-16)24-19-8-5-3-4-6-13-26(19)21(17)28/h9-10,14-15H,3-8,12-13H2,1-2H3/t15-/m0/s1. The van der Waals surface area contributed by atoms with Gasteiger partial charge in [-0.1, -0.05) is 12.8 Å². The van der Waals surface area contributed by atoms with Gasteiger partial charge in [0.1, 0.15) is 5.82 Å². The lowest BCUT2D eigenvalue weighted by Gasteiger charge is -2.20.